The van der Waals surface area contributed by atoms with Gasteiger partial charge in [0.05, 0.1) is 18.3 Å². The van der Waals surface area contributed by atoms with Gasteiger partial charge in [-0.25, -0.2) is 0 Å². The van der Waals surface area contributed by atoms with Gasteiger partial charge in [0.1, 0.15) is 0 Å². The number of piperidine rings is 1. The number of aromatic nitrogens is 2. The molecule has 0 radical (unpaired) electrons. The molecule has 1 saturated heterocycles. The largest absolute Gasteiger partial charge is 0.348 e. The Hall–Kier alpha value is -1.36. The van der Waals surface area contributed by atoms with Crippen LogP contribution in [0.4, 0.5) is 0 Å². The molecule has 0 aliphatic carbocycles. The lowest BCUT2D eigenvalue weighted by atomic mass is 9.92. The first-order chi connectivity index (χ1) is 9.00. The Kier molecular flexibility index (Phi) is 4.24. The van der Waals surface area contributed by atoms with Crippen LogP contribution in [0.5, 0.6) is 0 Å². The van der Waals surface area contributed by atoms with E-state index in [1.54, 1.807) is 0 Å². The van der Waals surface area contributed by atoms with Gasteiger partial charge < -0.3 is 10.6 Å². The van der Waals surface area contributed by atoms with Crippen molar-refractivity contribution in [3.63, 3.8) is 0 Å². The first-order valence-corrected chi connectivity index (χ1v) is 7.03. The van der Waals surface area contributed by atoms with Crippen LogP contribution in [0.2, 0.25) is 0 Å². The minimum atomic E-state index is -0.0619. The quantitative estimate of drug-likeness (QED) is 0.865. The zero-order valence-corrected chi connectivity index (χ0v) is 12.2. The van der Waals surface area contributed by atoms with Crippen LogP contribution < -0.4 is 10.6 Å². The number of rotatable bonds is 3. The molecule has 2 rings (SSSR count). The maximum absolute atomic E-state index is 12.3. The third-order valence-corrected chi connectivity index (χ3v) is 4.15. The van der Waals surface area contributed by atoms with Crippen LogP contribution >= 0.6 is 0 Å². The molecule has 106 valence electrons. The summed E-state index contributed by atoms with van der Waals surface area (Å²) in [7, 11) is 1.91. The molecule has 1 aliphatic rings. The second-order valence-electron chi connectivity index (χ2n) is 5.59. The van der Waals surface area contributed by atoms with E-state index in [1.807, 2.05) is 31.8 Å². The summed E-state index contributed by atoms with van der Waals surface area (Å²) in [4.78, 5) is 12.3. The zero-order valence-electron chi connectivity index (χ0n) is 12.2. The van der Waals surface area contributed by atoms with Crippen LogP contribution in [0.25, 0.3) is 0 Å². The summed E-state index contributed by atoms with van der Waals surface area (Å²) in [5.41, 5.74) is 2.18. The minimum absolute atomic E-state index is 0.00266. The van der Waals surface area contributed by atoms with E-state index in [2.05, 4.69) is 22.7 Å². The highest BCUT2D eigenvalue weighted by molar-refractivity contribution is 5.82. The maximum Gasteiger partial charge on any atom is 0.237 e. The van der Waals surface area contributed by atoms with Crippen molar-refractivity contribution in [2.24, 2.45) is 13.0 Å². The van der Waals surface area contributed by atoms with Gasteiger partial charge in [0.25, 0.3) is 0 Å². The summed E-state index contributed by atoms with van der Waals surface area (Å²) in [5.74, 6) is 0.499. The van der Waals surface area contributed by atoms with Gasteiger partial charge in [0, 0.05) is 18.3 Å². The molecule has 2 N–H and O–H groups in total. The van der Waals surface area contributed by atoms with E-state index in [1.165, 1.54) is 0 Å². The second kappa shape index (κ2) is 5.74. The molecule has 5 nitrogen and oxygen atoms in total. The molecule has 3 atom stereocenters. The third-order valence-electron chi connectivity index (χ3n) is 4.15. The van der Waals surface area contributed by atoms with Crippen LogP contribution in [0, 0.1) is 12.8 Å². The molecule has 0 saturated carbocycles. The standard InChI is InChI=1S/C14H24N4O/c1-9-6-5-7-15-13(9)14(19)17-10(2)12-8-16-18(4)11(12)3/h8-10,13,15H,5-7H2,1-4H3,(H,17,19). The molecule has 1 fully saturated rings. The van der Waals surface area contributed by atoms with Crippen LogP contribution in [-0.2, 0) is 11.8 Å². The SMILES string of the molecule is Cc1c(C(C)NC(=O)C2NCCCC2C)cnn1C. The average Bonchev–Trinajstić information content (AvgIpc) is 2.70. The zero-order chi connectivity index (χ0) is 14.0. The molecule has 0 bridgehead atoms. The molecule has 1 aliphatic heterocycles. The van der Waals surface area contributed by atoms with E-state index in [9.17, 15) is 4.79 Å². The summed E-state index contributed by atoms with van der Waals surface area (Å²) in [5, 5.41) is 10.6. The Balaban J connectivity index is 2.00. The van der Waals surface area contributed by atoms with Gasteiger partial charge in [-0.15, -0.1) is 0 Å². The van der Waals surface area contributed by atoms with Crippen molar-refractivity contribution >= 4 is 5.91 Å². The predicted molar refractivity (Wildman–Crippen MR) is 74.7 cm³/mol. The predicted octanol–water partition coefficient (Wildman–Crippen LogP) is 1.29. The lowest BCUT2D eigenvalue weighted by molar-refractivity contribution is -0.125. The second-order valence-corrected chi connectivity index (χ2v) is 5.59. The fourth-order valence-electron chi connectivity index (χ4n) is 2.72. The summed E-state index contributed by atoms with van der Waals surface area (Å²) in [6.07, 6.45) is 4.10. The topological polar surface area (TPSA) is 59.0 Å². The fourth-order valence-corrected chi connectivity index (χ4v) is 2.72. The van der Waals surface area contributed by atoms with Crippen molar-refractivity contribution in [2.45, 2.75) is 45.7 Å². The number of nitrogens with zero attached hydrogens (tertiary/aromatic N) is 2. The van der Waals surface area contributed by atoms with Gasteiger partial charge in [0.2, 0.25) is 5.91 Å². The molecule has 0 spiro atoms. The number of carbonyl (C=O) groups excluding carboxylic acids is 1. The summed E-state index contributed by atoms with van der Waals surface area (Å²) in [6.45, 7) is 7.10. The van der Waals surface area contributed by atoms with E-state index in [4.69, 9.17) is 0 Å². The van der Waals surface area contributed by atoms with Crippen molar-refractivity contribution in [1.82, 2.24) is 20.4 Å². The minimum Gasteiger partial charge on any atom is -0.348 e. The molecule has 2 heterocycles. The Morgan fingerprint density at radius 1 is 1.63 bits per heavy atom. The van der Waals surface area contributed by atoms with Gasteiger partial charge >= 0.3 is 0 Å². The van der Waals surface area contributed by atoms with Gasteiger partial charge in [-0.2, -0.15) is 5.10 Å². The Labute approximate surface area is 114 Å². The van der Waals surface area contributed by atoms with Crippen molar-refractivity contribution in [3.05, 3.63) is 17.5 Å². The first kappa shape index (κ1) is 14.1. The van der Waals surface area contributed by atoms with Crippen LogP contribution in [-0.4, -0.2) is 28.3 Å². The highest BCUT2D eigenvalue weighted by atomic mass is 16.2. The lowest BCUT2D eigenvalue weighted by Gasteiger charge is -2.30. The van der Waals surface area contributed by atoms with E-state index >= 15 is 0 Å². The molecule has 19 heavy (non-hydrogen) atoms. The van der Waals surface area contributed by atoms with Crippen molar-refractivity contribution in [1.29, 1.82) is 0 Å². The van der Waals surface area contributed by atoms with Crippen molar-refractivity contribution in [3.8, 4) is 0 Å². The fraction of sp³-hybridized carbons (Fsp3) is 0.714. The summed E-state index contributed by atoms with van der Waals surface area (Å²) >= 11 is 0. The van der Waals surface area contributed by atoms with E-state index in [0.29, 0.717) is 5.92 Å². The molecule has 3 unspecified atom stereocenters. The Morgan fingerprint density at radius 2 is 2.37 bits per heavy atom. The number of amides is 1. The van der Waals surface area contributed by atoms with Crippen molar-refractivity contribution < 1.29 is 4.79 Å². The van der Waals surface area contributed by atoms with Crippen LogP contribution in [0.15, 0.2) is 6.20 Å². The normalized spacial score (nSPS) is 25.1. The number of carbonyl (C=O) groups is 1. The first-order valence-electron chi connectivity index (χ1n) is 7.03. The third kappa shape index (κ3) is 2.97. The van der Waals surface area contributed by atoms with E-state index in [0.717, 1.165) is 30.6 Å². The average molecular weight is 264 g/mol. The Bertz CT molecular complexity index is 454. The molecule has 0 aromatic carbocycles. The highest BCUT2D eigenvalue weighted by Crippen LogP contribution is 2.19. The summed E-state index contributed by atoms with van der Waals surface area (Å²) in [6, 6.07) is -0.0645. The van der Waals surface area contributed by atoms with Crippen LogP contribution in [0.1, 0.15) is 44.0 Å². The highest BCUT2D eigenvalue weighted by Gasteiger charge is 2.28. The molecule has 1 aromatic rings. The number of aryl methyl sites for hydroxylation is 1. The van der Waals surface area contributed by atoms with Crippen LogP contribution in [0.3, 0.4) is 0 Å². The molecule has 1 aromatic heterocycles. The van der Waals surface area contributed by atoms with Gasteiger partial charge in [-0.1, -0.05) is 6.92 Å². The molecular formula is C14H24N4O. The van der Waals surface area contributed by atoms with Crippen molar-refractivity contribution in [2.75, 3.05) is 6.54 Å². The monoisotopic (exact) mass is 264 g/mol. The lowest BCUT2D eigenvalue weighted by Crippen LogP contribution is -2.51. The number of hydrogen-bond donors (Lipinski definition) is 2. The summed E-state index contributed by atoms with van der Waals surface area (Å²) < 4.78 is 1.83. The molecule has 1 amide bonds. The smallest absolute Gasteiger partial charge is 0.237 e. The maximum atomic E-state index is 12.3. The Morgan fingerprint density at radius 3 is 2.95 bits per heavy atom. The van der Waals surface area contributed by atoms with Gasteiger partial charge in [0.15, 0.2) is 0 Å². The molecule has 5 heteroatoms. The van der Waals surface area contributed by atoms with E-state index in [-0.39, 0.29) is 18.0 Å². The van der Waals surface area contributed by atoms with Gasteiger partial charge in [-0.05, 0) is 39.2 Å². The number of nitrogens with one attached hydrogen (secondary N) is 2. The number of hydrogen-bond acceptors (Lipinski definition) is 3. The van der Waals surface area contributed by atoms with Gasteiger partial charge in [-0.3, -0.25) is 9.48 Å². The molecular weight excluding hydrogens is 240 g/mol. The van der Waals surface area contributed by atoms with E-state index < -0.39 is 0 Å².